The van der Waals surface area contributed by atoms with E-state index in [2.05, 4.69) is 0 Å². The highest BCUT2D eigenvalue weighted by molar-refractivity contribution is 5.35. The van der Waals surface area contributed by atoms with E-state index in [-0.39, 0.29) is 5.56 Å². The number of aliphatic hydroxyl groups excluding tert-OH is 1. The monoisotopic (exact) mass is 264 g/mol. The number of aliphatic hydroxyl groups is 1. The summed E-state index contributed by atoms with van der Waals surface area (Å²) in [4.78, 5) is 0. The lowest BCUT2D eigenvalue weighted by Crippen LogP contribution is -2.03. The molecule has 0 amide bonds. The van der Waals surface area contributed by atoms with Crippen molar-refractivity contribution < 1.29 is 18.6 Å². The summed E-state index contributed by atoms with van der Waals surface area (Å²) in [5, 5.41) is 10.1. The fourth-order valence-corrected chi connectivity index (χ4v) is 1.84. The van der Waals surface area contributed by atoms with Crippen molar-refractivity contribution in [3.8, 4) is 5.75 Å². The Morgan fingerprint density at radius 2 is 1.95 bits per heavy atom. The van der Waals surface area contributed by atoms with E-state index in [9.17, 15) is 13.9 Å². The summed E-state index contributed by atoms with van der Waals surface area (Å²) < 4.78 is 31.8. The van der Waals surface area contributed by atoms with Crippen molar-refractivity contribution in [2.24, 2.45) is 0 Å². The van der Waals surface area contributed by atoms with Crippen LogP contribution in [0.5, 0.6) is 5.75 Å². The number of benzene rings is 2. The van der Waals surface area contributed by atoms with Gasteiger partial charge in [0.15, 0.2) is 0 Å². The number of hydrogen-bond donors (Lipinski definition) is 1. The summed E-state index contributed by atoms with van der Waals surface area (Å²) in [5.74, 6) is -0.840. The molecule has 0 aliphatic carbocycles. The molecule has 0 bridgehead atoms. The van der Waals surface area contributed by atoms with Crippen LogP contribution < -0.4 is 4.74 Å². The predicted octanol–water partition coefficient (Wildman–Crippen LogP) is 3.45. The zero-order valence-corrected chi connectivity index (χ0v) is 10.4. The molecule has 19 heavy (non-hydrogen) atoms. The second-order valence-corrected chi connectivity index (χ2v) is 4.07. The minimum atomic E-state index is -1.15. The Labute approximate surface area is 110 Å². The first kappa shape index (κ1) is 13.5. The van der Waals surface area contributed by atoms with Crippen molar-refractivity contribution in [1.82, 2.24) is 0 Å². The molecule has 4 heteroatoms. The van der Waals surface area contributed by atoms with Crippen molar-refractivity contribution in [3.05, 3.63) is 65.2 Å². The molecular formula is C15H14F2O2. The van der Waals surface area contributed by atoms with Gasteiger partial charge in [0.2, 0.25) is 0 Å². The Kier molecular flexibility index (Phi) is 4.12. The Balaban J connectivity index is 2.32. The Hall–Kier alpha value is -1.94. The van der Waals surface area contributed by atoms with Crippen LogP contribution in [0, 0.1) is 11.6 Å². The molecule has 0 heterocycles. The van der Waals surface area contributed by atoms with E-state index in [1.807, 2.05) is 6.92 Å². The molecule has 0 aliphatic rings. The molecule has 0 spiro atoms. The lowest BCUT2D eigenvalue weighted by Gasteiger charge is -2.13. The third-order valence-corrected chi connectivity index (χ3v) is 2.74. The van der Waals surface area contributed by atoms with Crippen molar-refractivity contribution in [2.75, 3.05) is 6.61 Å². The smallest absolute Gasteiger partial charge is 0.132 e. The van der Waals surface area contributed by atoms with Gasteiger partial charge in [-0.15, -0.1) is 0 Å². The summed E-state index contributed by atoms with van der Waals surface area (Å²) >= 11 is 0. The summed E-state index contributed by atoms with van der Waals surface area (Å²) in [6, 6.07) is 9.88. The van der Waals surface area contributed by atoms with Crippen LogP contribution in [0.2, 0.25) is 0 Å². The molecule has 0 fully saturated rings. The van der Waals surface area contributed by atoms with E-state index >= 15 is 0 Å². The molecule has 0 aromatic heterocycles. The standard InChI is InChI=1S/C15H14F2O2/c1-2-19-12-5-3-4-10(8-12)15(18)13-7-6-11(16)9-14(13)17/h3-9,15,18H,2H2,1H3. The first-order valence-electron chi connectivity index (χ1n) is 5.97. The third kappa shape index (κ3) is 3.09. The third-order valence-electron chi connectivity index (χ3n) is 2.74. The highest BCUT2D eigenvalue weighted by atomic mass is 19.1. The van der Waals surface area contributed by atoms with E-state index in [0.29, 0.717) is 17.9 Å². The summed E-state index contributed by atoms with van der Waals surface area (Å²) in [7, 11) is 0. The van der Waals surface area contributed by atoms with Crippen molar-refractivity contribution in [2.45, 2.75) is 13.0 Å². The van der Waals surface area contributed by atoms with Gasteiger partial charge in [-0.3, -0.25) is 0 Å². The highest BCUT2D eigenvalue weighted by Gasteiger charge is 2.16. The van der Waals surface area contributed by atoms with Crippen LogP contribution in [0.25, 0.3) is 0 Å². The van der Waals surface area contributed by atoms with Crippen LogP contribution in [-0.4, -0.2) is 11.7 Å². The average Bonchev–Trinajstić information content (AvgIpc) is 2.39. The molecular weight excluding hydrogens is 250 g/mol. The molecule has 0 saturated heterocycles. The van der Waals surface area contributed by atoms with E-state index in [0.717, 1.165) is 12.1 Å². The maximum absolute atomic E-state index is 13.6. The fourth-order valence-electron chi connectivity index (χ4n) is 1.84. The van der Waals surface area contributed by atoms with Crippen LogP contribution >= 0.6 is 0 Å². The molecule has 100 valence electrons. The van der Waals surface area contributed by atoms with Crippen molar-refractivity contribution >= 4 is 0 Å². The molecule has 2 aromatic rings. The summed E-state index contributed by atoms with van der Waals surface area (Å²) in [5.41, 5.74) is 0.534. The maximum atomic E-state index is 13.6. The molecule has 1 N–H and O–H groups in total. The maximum Gasteiger partial charge on any atom is 0.132 e. The summed E-state index contributed by atoms with van der Waals surface area (Å²) in [6.07, 6.45) is -1.15. The van der Waals surface area contributed by atoms with Crippen LogP contribution in [0.3, 0.4) is 0 Å². The van der Waals surface area contributed by atoms with Gasteiger partial charge in [-0.05, 0) is 30.7 Å². The van der Waals surface area contributed by atoms with Gasteiger partial charge >= 0.3 is 0 Å². The van der Waals surface area contributed by atoms with Gasteiger partial charge in [-0.25, -0.2) is 8.78 Å². The lowest BCUT2D eigenvalue weighted by molar-refractivity contribution is 0.214. The van der Waals surface area contributed by atoms with Crippen LogP contribution in [0.4, 0.5) is 8.78 Å². The van der Waals surface area contributed by atoms with E-state index in [1.54, 1.807) is 24.3 Å². The topological polar surface area (TPSA) is 29.5 Å². The van der Waals surface area contributed by atoms with Gasteiger partial charge in [-0.1, -0.05) is 18.2 Å². The van der Waals surface area contributed by atoms with Crippen molar-refractivity contribution in [1.29, 1.82) is 0 Å². The van der Waals surface area contributed by atoms with Crippen molar-refractivity contribution in [3.63, 3.8) is 0 Å². The number of halogens is 2. The van der Waals surface area contributed by atoms with Gasteiger partial charge in [-0.2, -0.15) is 0 Å². The van der Waals surface area contributed by atoms with E-state index in [1.165, 1.54) is 6.07 Å². The van der Waals surface area contributed by atoms with E-state index < -0.39 is 17.7 Å². The fraction of sp³-hybridized carbons (Fsp3) is 0.200. The number of hydrogen-bond acceptors (Lipinski definition) is 2. The molecule has 2 rings (SSSR count). The molecule has 1 atom stereocenters. The molecule has 2 aromatic carbocycles. The first-order valence-corrected chi connectivity index (χ1v) is 5.97. The molecule has 0 radical (unpaired) electrons. The molecule has 0 aliphatic heterocycles. The van der Waals surface area contributed by atoms with Crippen LogP contribution in [0.1, 0.15) is 24.2 Å². The highest BCUT2D eigenvalue weighted by Crippen LogP contribution is 2.27. The second-order valence-electron chi connectivity index (χ2n) is 4.07. The van der Waals surface area contributed by atoms with Crippen LogP contribution in [-0.2, 0) is 0 Å². The van der Waals surface area contributed by atoms with Gasteiger partial charge in [0, 0.05) is 11.6 Å². The number of ether oxygens (including phenoxy) is 1. The van der Waals surface area contributed by atoms with Gasteiger partial charge in [0.25, 0.3) is 0 Å². The lowest BCUT2D eigenvalue weighted by atomic mass is 10.0. The normalized spacial score (nSPS) is 12.2. The molecule has 1 unspecified atom stereocenters. The first-order chi connectivity index (χ1) is 9.11. The zero-order chi connectivity index (χ0) is 13.8. The predicted molar refractivity (Wildman–Crippen MR) is 68.0 cm³/mol. The van der Waals surface area contributed by atoms with Gasteiger partial charge in [0.1, 0.15) is 23.5 Å². The van der Waals surface area contributed by atoms with Crippen LogP contribution in [0.15, 0.2) is 42.5 Å². The second kappa shape index (κ2) is 5.80. The number of rotatable bonds is 4. The SMILES string of the molecule is CCOc1cccc(C(O)c2ccc(F)cc2F)c1. The molecule has 0 saturated carbocycles. The minimum Gasteiger partial charge on any atom is -0.494 e. The van der Waals surface area contributed by atoms with Gasteiger partial charge < -0.3 is 9.84 Å². The van der Waals surface area contributed by atoms with E-state index in [4.69, 9.17) is 4.74 Å². The van der Waals surface area contributed by atoms with Gasteiger partial charge in [0.05, 0.1) is 6.61 Å². The summed E-state index contributed by atoms with van der Waals surface area (Å²) in [6.45, 7) is 2.35. The molecule has 2 nitrogen and oxygen atoms in total. The Morgan fingerprint density at radius 3 is 2.63 bits per heavy atom. The Bertz CT molecular complexity index is 570. The Morgan fingerprint density at radius 1 is 1.16 bits per heavy atom. The zero-order valence-electron chi connectivity index (χ0n) is 10.4. The average molecular weight is 264 g/mol. The minimum absolute atomic E-state index is 0.0371. The quantitative estimate of drug-likeness (QED) is 0.916. The largest absolute Gasteiger partial charge is 0.494 e.